The molecule has 0 fully saturated rings. The van der Waals surface area contributed by atoms with Crippen molar-refractivity contribution in [2.75, 3.05) is 14.2 Å². The highest BCUT2D eigenvalue weighted by atomic mass is 16.5. The minimum atomic E-state index is -0.149. The predicted molar refractivity (Wildman–Crippen MR) is 93.9 cm³/mol. The van der Waals surface area contributed by atoms with Crippen LogP contribution in [0.15, 0.2) is 59.0 Å². The van der Waals surface area contributed by atoms with Gasteiger partial charge in [-0.2, -0.15) is 0 Å². The molecule has 0 saturated heterocycles. The summed E-state index contributed by atoms with van der Waals surface area (Å²) in [5.41, 5.74) is 2.53. The van der Waals surface area contributed by atoms with E-state index in [1.54, 1.807) is 19.1 Å². The van der Waals surface area contributed by atoms with Gasteiger partial charge in [0.05, 0.1) is 12.6 Å². The van der Waals surface area contributed by atoms with Crippen molar-refractivity contribution in [3.63, 3.8) is 0 Å². The average Bonchev–Trinajstić information content (AvgIpc) is 3.05. The Bertz CT molecular complexity index is 802. The first-order chi connectivity index (χ1) is 11.6. The van der Waals surface area contributed by atoms with Crippen molar-refractivity contribution in [3.05, 3.63) is 71.5 Å². The zero-order valence-electron chi connectivity index (χ0n) is 14.2. The first-order valence-electron chi connectivity index (χ1n) is 7.93. The Morgan fingerprint density at radius 3 is 2.54 bits per heavy atom. The van der Waals surface area contributed by atoms with E-state index in [0.29, 0.717) is 12.2 Å². The van der Waals surface area contributed by atoms with Gasteiger partial charge in [-0.05, 0) is 36.8 Å². The van der Waals surface area contributed by atoms with E-state index >= 15 is 0 Å². The number of methoxy groups -OCH3 is 1. The van der Waals surface area contributed by atoms with E-state index in [2.05, 4.69) is 0 Å². The maximum Gasteiger partial charge on any atom is 0.254 e. The molecule has 0 N–H and O–H groups in total. The van der Waals surface area contributed by atoms with Crippen LogP contribution in [0.25, 0.3) is 11.0 Å². The topological polar surface area (TPSA) is 42.7 Å². The zero-order chi connectivity index (χ0) is 17.1. The predicted octanol–water partition coefficient (Wildman–Crippen LogP) is 4.41. The van der Waals surface area contributed by atoms with E-state index < -0.39 is 0 Å². The van der Waals surface area contributed by atoms with Gasteiger partial charge in [0.15, 0.2) is 0 Å². The minimum absolute atomic E-state index is 0.0353. The van der Waals surface area contributed by atoms with Crippen molar-refractivity contribution in [3.8, 4) is 0 Å². The van der Waals surface area contributed by atoms with Gasteiger partial charge in [0.25, 0.3) is 5.91 Å². The molecule has 3 aromatic rings. The summed E-state index contributed by atoms with van der Waals surface area (Å²) in [6.45, 7) is 2.51. The molecule has 0 bridgehead atoms. The standard InChI is InChI=1S/C20H21NO3/c1-14(19-12-17-6-4-5-7-18(17)24-19)21(2)20(22)16-10-8-15(9-11-16)13-23-3/h4-12,14H,13H2,1-3H3. The fraction of sp³-hybridized carbons (Fsp3) is 0.250. The number of para-hydroxylation sites is 1. The van der Waals surface area contributed by atoms with Crippen LogP contribution in [-0.4, -0.2) is 25.0 Å². The van der Waals surface area contributed by atoms with Crippen LogP contribution in [-0.2, 0) is 11.3 Å². The quantitative estimate of drug-likeness (QED) is 0.698. The molecule has 0 saturated carbocycles. The van der Waals surface area contributed by atoms with Crippen LogP contribution in [0.2, 0.25) is 0 Å². The molecule has 0 radical (unpaired) electrons. The van der Waals surface area contributed by atoms with Crippen molar-refractivity contribution in [2.45, 2.75) is 19.6 Å². The van der Waals surface area contributed by atoms with Crippen LogP contribution in [0.4, 0.5) is 0 Å². The van der Waals surface area contributed by atoms with Crippen LogP contribution in [0.1, 0.15) is 34.6 Å². The smallest absolute Gasteiger partial charge is 0.254 e. The van der Waals surface area contributed by atoms with Gasteiger partial charge >= 0.3 is 0 Å². The summed E-state index contributed by atoms with van der Waals surface area (Å²) in [5, 5.41) is 1.05. The fourth-order valence-corrected chi connectivity index (χ4v) is 2.69. The van der Waals surface area contributed by atoms with Crippen LogP contribution >= 0.6 is 0 Å². The van der Waals surface area contributed by atoms with Crippen molar-refractivity contribution < 1.29 is 13.9 Å². The van der Waals surface area contributed by atoms with Crippen LogP contribution in [0, 0.1) is 0 Å². The van der Waals surface area contributed by atoms with E-state index in [1.165, 1.54) is 0 Å². The highest BCUT2D eigenvalue weighted by Crippen LogP contribution is 2.27. The third-order valence-corrected chi connectivity index (χ3v) is 4.27. The molecular formula is C20H21NO3. The maximum atomic E-state index is 12.7. The Morgan fingerprint density at radius 1 is 1.17 bits per heavy atom. The Labute approximate surface area is 141 Å². The second-order valence-electron chi connectivity index (χ2n) is 5.91. The van der Waals surface area contributed by atoms with Gasteiger partial charge in [0.2, 0.25) is 0 Å². The molecule has 1 heterocycles. The van der Waals surface area contributed by atoms with Crippen molar-refractivity contribution in [2.24, 2.45) is 0 Å². The summed E-state index contributed by atoms with van der Waals surface area (Å²) in [6, 6.07) is 17.2. The van der Waals surface area contributed by atoms with E-state index in [-0.39, 0.29) is 11.9 Å². The lowest BCUT2D eigenvalue weighted by Crippen LogP contribution is -2.29. The lowest BCUT2D eigenvalue weighted by atomic mass is 10.1. The Kier molecular flexibility index (Phi) is 4.67. The number of benzene rings is 2. The number of fused-ring (bicyclic) bond motifs is 1. The molecule has 0 spiro atoms. The van der Waals surface area contributed by atoms with Gasteiger partial charge in [0.1, 0.15) is 11.3 Å². The fourth-order valence-electron chi connectivity index (χ4n) is 2.69. The zero-order valence-corrected chi connectivity index (χ0v) is 14.2. The average molecular weight is 323 g/mol. The summed E-state index contributed by atoms with van der Waals surface area (Å²) in [6.07, 6.45) is 0. The number of nitrogens with zero attached hydrogens (tertiary/aromatic N) is 1. The number of amides is 1. The number of hydrogen-bond donors (Lipinski definition) is 0. The molecule has 4 nitrogen and oxygen atoms in total. The number of carbonyl (C=O) groups is 1. The molecule has 1 aromatic heterocycles. The maximum absolute atomic E-state index is 12.7. The van der Waals surface area contributed by atoms with Crippen molar-refractivity contribution in [1.82, 2.24) is 4.90 Å². The molecule has 1 unspecified atom stereocenters. The Morgan fingerprint density at radius 2 is 1.88 bits per heavy atom. The van der Waals surface area contributed by atoms with Crippen LogP contribution in [0.5, 0.6) is 0 Å². The third kappa shape index (κ3) is 3.19. The van der Waals surface area contributed by atoms with Gasteiger partial charge in [0, 0.05) is 25.1 Å². The van der Waals surface area contributed by atoms with Gasteiger partial charge in [-0.3, -0.25) is 4.79 Å². The molecule has 0 aliphatic rings. The normalized spacial score (nSPS) is 12.3. The highest BCUT2D eigenvalue weighted by Gasteiger charge is 2.21. The monoisotopic (exact) mass is 323 g/mol. The number of ether oxygens (including phenoxy) is 1. The SMILES string of the molecule is COCc1ccc(C(=O)N(C)C(C)c2cc3ccccc3o2)cc1. The van der Waals surface area contributed by atoms with Crippen LogP contribution < -0.4 is 0 Å². The summed E-state index contributed by atoms with van der Waals surface area (Å²) < 4.78 is 11.0. The van der Waals surface area contributed by atoms with E-state index in [4.69, 9.17) is 9.15 Å². The molecule has 2 aromatic carbocycles. The largest absolute Gasteiger partial charge is 0.459 e. The van der Waals surface area contributed by atoms with Gasteiger partial charge in [-0.25, -0.2) is 0 Å². The van der Waals surface area contributed by atoms with Crippen molar-refractivity contribution >= 4 is 16.9 Å². The number of rotatable bonds is 5. The second-order valence-corrected chi connectivity index (χ2v) is 5.91. The summed E-state index contributed by atoms with van der Waals surface area (Å²) in [7, 11) is 3.45. The van der Waals surface area contributed by atoms with Crippen LogP contribution in [0.3, 0.4) is 0 Å². The minimum Gasteiger partial charge on any atom is -0.459 e. The molecule has 3 rings (SSSR count). The Balaban J connectivity index is 1.78. The van der Waals surface area contributed by atoms with E-state index in [9.17, 15) is 4.79 Å². The molecule has 4 heteroatoms. The molecule has 24 heavy (non-hydrogen) atoms. The van der Waals surface area contributed by atoms with Gasteiger partial charge in [-0.15, -0.1) is 0 Å². The first kappa shape index (κ1) is 16.3. The second kappa shape index (κ2) is 6.89. The van der Waals surface area contributed by atoms with Gasteiger partial charge < -0.3 is 14.1 Å². The summed E-state index contributed by atoms with van der Waals surface area (Å²) in [4.78, 5) is 14.4. The molecule has 0 aliphatic heterocycles. The molecule has 1 atom stereocenters. The molecule has 0 aliphatic carbocycles. The number of hydrogen-bond acceptors (Lipinski definition) is 3. The molecule has 124 valence electrons. The first-order valence-corrected chi connectivity index (χ1v) is 7.93. The number of carbonyl (C=O) groups excluding carboxylic acids is 1. The third-order valence-electron chi connectivity index (χ3n) is 4.27. The summed E-state index contributed by atoms with van der Waals surface area (Å²) in [5.74, 6) is 0.745. The van der Waals surface area contributed by atoms with Gasteiger partial charge in [-0.1, -0.05) is 30.3 Å². The molecule has 1 amide bonds. The summed E-state index contributed by atoms with van der Waals surface area (Å²) >= 11 is 0. The highest BCUT2D eigenvalue weighted by molar-refractivity contribution is 5.94. The lowest BCUT2D eigenvalue weighted by Gasteiger charge is -2.23. The Hall–Kier alpha value is -2.59. The lowest BCUT2D eigenvalue weighted by molar-refractivity contribution is 0.0727. The number of furan rings is 1. The van der Waals surface area contributed by atoms with E-state index in [1.807, 2.05) is 61.5 Å². The molecular weight excluding hydrogens is 302 g/mol. The van der Waals surface area contributed by atoms with E-state index in [0.717, 1.165) is 22.3 Å². The van der Waals surface area contributed by atoms with Crippen molar-refractivity contribution in [1.29, 1.82) is 0 Å².